The number of nitrogens with zero attached hydrogens (tertiary/aromatic N) is 3. The van der Waals surface area contributed by atoms with E-state index in [4.69, 9.17) is 0 Å². The number of hydrogen-bond acceptors (Lipinski definition) is 3. The fourth-order valence-electron chi connectivity index (χ4n) is 1.98. The second-order valence-corrected chi connectivity index (χ2v) is 3.89. The Morgan fingerprint density at radius 3 is 2.50 bits per heavy atom. The molecule has 1 amide bonds. The topological polar surface area (TPSA) is 68.4 Å². The molecule has 0 saturated carbocycles. The first-order valence-electron chi connectivity index (χ1n) is 5.20. The van der Waals surface area contributed by atoms with Crippen LogP contribution in [0.3, 0.4) is 0 Å². The molecule has 1 saturated heterocycles. The second kappa shape index (κ2) is 3.96. The molecular weight excluding hydrogens is 210 g/mol. The molecule has 1 aromatic heterocycles. The van der Waals surface area contributed by atoms with Gasteiger partial charge in [0.15, 0.2) is 5.69 Å². The first kappa shape index (κ1) is 10.7. The minimum atomic E-state index is -0.485. The van der Waals surface area contributed by atoms with Crippen molar-refractivity contribution in [2.24, 2.45) is 7.05 Å². The average molecular weight is 223 g/mol. The Hall–Kier alpha value is -1.85. The van der Waals surface area contributed by atoms with E-state index in [9.17, 15) is 14.9 Å². The summed E-state index contributed by atoms with van der Waals surface area (Å²) in [5.41, 5.74) is 0.383. The zero-order valence-corrected chi connectivity index (χ0v) is 9.05. The SMILES string of the molecule is Cn1c(C(=O)N2CCCC2)ccc1[N+](=O)[O-]. The molecule has 0 aromatic carbocycles. The molecule has 1 aliphatic heterocycles. The van der Waals surface area contributed by atoms with Gasteiger partial charge in [0.1, 0.15) is 0 Å². The number of hydrogen-bond donors (Lipinski definition) is 0. The van der Waals surface area contributed by atoms with Gasteiger partial charge in [-0.25, -0.2) is 4.57 Å². The van der Waals surface area contributed by atoms with Crippen LogP contribution in [-0.4, -0.2) is 33.4 Å². The molecule has 0 aliphatic carbocycles. The third kappa shape index (κ3) is 1.66. The molecule has 0 spiro atoms. The van der Waals surface area contributed by atoms with Crippen LogP contribution >= 0.6 is 0 Å². The highest BCUT2D eigenvalue weighted by atomic mass is 16.6. The molecule has 1 aliphatic rings. The summed E-state index contributed by atoms with van der Waals surface area (Å²) in [6.45, 7) is 1.50. The van der Waals surface area contributed by atoms with Gasteiger partial charge in [-0.1, -0.05) is 0 Å². The molecule has 0 atom stereocenters. The van der Waals surface area contributed by atoms with E-state index in [-0.39, 0.29) is 11.7 Å². The second-order valence-electron chi connectivity index (χ2n) is 3.89. The molecule has 0 radical (unpaired) electrons. The highest BCUT2D eigenvalue weighted by molar-refractivity contribution is 5.93. The summed E-state index contributed by atoms with van der Waals surface area (Å²) in [4.78, 5) is 23.9. The van der Waals surface area contributed by atoms with E-state index in [2.05, 4.69) is 0 Å². The van der Waals surface area contributed by atoms with Gasteiger partial charge in [0.25, 0.3) is 5.91 Å². The molecule has 16 heavy (non-hydrogen) atoms. The van der Waals surface area contributed by atoms with Gasteiger partial charge in [0, 0.05) is 19.2 Å². The minimum absolute atomic E-state index is 0.0532. The number of likely N-dealkylation sites (tertiary alicyclic amines) is 1. The molecule has 1 aromatic rings. The van der Waals surface area contributed by atoms with E-state index in [0.29, 0.717) is 5.69 Å². The lowest BCUT2D eigenvalue weighted by Crippen LogP contribution is -2.29. The monoisotopic (exact) mass is 223 g/mol. The molecule has 2 rings (SSSR count). The van der Waals surface area contributed by atoms with Gasteiger partial charge in [0.2, 0.25) is 0 Å². The molecule has 0 bridgehead atoms. The number of carbonyl (C=O) groups excluding carboxylic acids is 1. The van der Waals surface area contributed by atoms with Crippen LogP contribution in [0.1, 0.15) is 23.3 Å². The normalized spacial score (nSPS) is 15.4. The molecule has 6 heteroatoms. The lowest BCUT2D eigenvalue weighted by Gasteiger charge is -2.13. The summed E-state index contributed by atoms with van der Waals surface area (Å²) in [7, 11) is 1.54. The Labute approximate surface area is 92.6 Å². The van der Waals surface area contributed by atoms with Crippen molar-refractivity contribution < 1.29 is 9.72 Å². The molecule has 1 fully saturated rings. The van der Waals surface area contributed by atoms with Crippen LogP contribution in [0.4, 0.5) is 5.82 Å². The fourth-order valence-corrected chi connectivity index (χ4v) is 1.98. The molecule has 6 nitrogen and oxygen atoms in total. The van der Waals surface area contributed by atoms with E-state index in [1.807, 2.05) is 0 Å². The maximum absolute atomic E-state index is 12.0. The van der Waals surface area contributed by atoms with Crippen LogP contribution in [0, 0.1) is 10.1 Å². The zero-order valence-electron chi connectivity index (χ0n) is 9.05. The predicted molar refractivity (Wildman–Crippen MR) is 57.2 cm³/mol. The lowest BCUT2D eigenvalue weighted by atomic mass is 10.4. The summed E-state index contributed by atoms with van der Waals surface area (Å²) in [6, 6.07) is 2.88. The lowest BCUT2D eigenvalue weighted by molar-refractivity contribution is -0.391. The van der Waals surface area contributed by atoms with E-state index in [0.717, 1.165) is 25.9 Å². The molecular formula is C10H13N3O3. The Kier molecular flexibility index (Phi) is 2.64. The average Bonchev–Trinajstić information content (AvgIpc) is 2.84. The highest BCUT2D eigenvalue weighted by Gasteiger charge is 2.26. The largest absolute Gasteiger partial charge is 0.358 e. The van der Waals surface area contributed by atoms with E-state index in [1.165, 1.54) is 16.7 Å². The van der Waals surface area contributed by atoms with Crippen molar-refractivity contribution in [2.45, 2.75) is 12.8 Å². The standard InChI is InChI=1S/C10H13N3O3/c1-11-8(4-5-9(11)13(15)16)10(14)12-6-2-3-7-12/h4-5H,2-3,6-7H2,1H3. The van der Waals surface area contributed by atoms with Gasteiger partial charge >= 0.3 is 5.82 Å². The molecule has 0 N–H and O–H groups in total. The van der Waals surface area contributed by atoms with Crippen molar-refractivity contribution >= 4 is 11.7 Å². The van der Waals surface area contributed by atoms with Gasteiger partial charge in [-0.3, -0.25) is 4.79 Å². The fraction of sp³-hybridized carbons (Fsp3) is 0.500. The first-order valence-corrected chi connectivity index (χ1v) is 5.20. The van der Waals surface area contributed by atoms with Crippen molar-refractivity contribution in [3.8, 4) is 0 Å². The maximum atomic E-state index is 12.0. The Bertz CT molecular complexity index is 433. The number of amides is 1. The quantitative estimate of drug-likeness (QED) is 0.558. The predicted octanol–water partition coefficient (Wildman–Crippen LogP) is 1.17. The zero-order chi connectivity index (χ0) is 11.7. The molecule has 0 unspecified atom stereocenters. The van der Waals surface area contributed by atoms with Gasteiger partial charge in [-0.05, 0) is 23.8 Å². The van der Waals surface area contributed by atoms with Gasteiger partial charge in [0.05, 0.1) is 7.05 Å². The van der Waals surface area contributed by atoms with Crippen LogP contribution in [0.2, 0.25) is 0 Å². The Morgan fingerprint density at radius 2 is 2.00 bits per heavy atom. The third-order valence-corrected chi connectivity index (χ3v) is 2.89. The Morgan fingerprint density at radius 1 is 1.38 bits per heavy atom. The van der Waals surface area contributed by atoms with E-state index >= 15 is 0 Å². The van der Waals surface area contributed by atoms with Crippen molar-refractivity contribution in [1.82, 2.24) is 9.47 Å². The summed E-state index contributed by atoms with van der Waals surface area (Å²) in [5, 5.41) is 10.6. The number of carbonyl (C=O) groups is 1. The first-order chi connectivity index (χ1) is 7.61. The summed E-state index contributed by atoms with van der Waals surface area (Å²) < 4.78 is 1.33. The van der Waals surface area contributed by atoms with Crippen LogP contribution in [0.5, 0.6) is 0 Å². The smallest absolute Gasteiger partial charge is 0.323 e. The third-order valence-electron chi connectivity index (χ3n) is 2.89. The number of aromatic nitrogens is 1. The molecule has 86 valence electrons. The molecule has 2 heterocycles. The van der Waals surface area contributed by atoms with Crippen molar-refractivity contribution in [3.05, 3.63) is 27.9 Å². The van der Waals surface area contributed by atoms with Gasteiger partial charge in [-0.2, -0.15) is 0 Å². The summed E-state index contributed by atoms with van der Waals surface area (Å²) >= 11 is 0. The van der Waals surface area contributed by atoms with Crippen LogP contribution in [0.15, 0.2) is 12.1 Å². The number of nitro groups is 1. The van der Waals surface area contributed by atoms with Crippen LogP contribution in [-0.2, 0) is 7.05 Å². The van der Waals surface area contributed by atoms with Crippen molar-refractivity contribution in [3.63, 3.8) is 0 Å². The number of rotatable bonds is 2. The Balaban J connectivity index is 2.26. The summed E-state index contributed by atoms with van der Waals surface area (Å²) in [6.07, 6.45) is 2.02. The van der Waals surface area contributed by atoms with Crippen LogP contribution in [0.25, 0.3) is 0 Å². The summed E-state index contributed by atoms with van der Waals surface area (Å²) in [5.74, 6) is -0.171. The highest BCUT2D eigenvalue weighted by Crippen LogP contribution is 2.18. The van der Waals surface area contributed by atoms with Crippen LogP contribution < -0.4 is 0 Å². The van der Waals surface area contributed by atoms with E-state index < -0.39 is 4.92 Å². The maximum Gasteiger partial charge on any atom is 0.323 e. The van der Waals surface area contributed by atoms with E-state index in [1.54, 1.807) is 11.9 Å². The minimum Gasteiger partial charge on any atom is -0.358 e. The van der Waals surface area contributed by atoms with Crippen molar-refractivity contribution in [2.75, 3.05) is 13.1 Å². The van der Waals surface area contributed by atoms with Gasteiger partial charge < -0.3 is 15.0 Å². The van der Waals surface area contributed by atoms with Crippen molar-refractivity contribution in [1.29, 1.82) is 0 Å². The van der Waals surface area contributed by atoms with Gasteiger partial charge in [-0.15, -0.1) is 0 Å².